The topological polar surface area (TPSA) is 75.2 Å². The first-order chi connectivity index (χ1) is 16.8. The summed E-state index contributed by atoms with van der Waals surface area (Å²) >= 11 is 1.57. The van der Waals surface area contributed by atoms with Crippen molar-refractivity contribution >= 4 is 23.2 Å². The molecule has 4 atom stereocenters. The van der Waals surface area contributed by atoms with Crippen LogP contribution >= 0.6 is 11.3 Å². The number of fused-ring (bicyclic) bond motifs is 1. The van der Waals surface area contributed by atoms with E-state index in [1.165, 1.54) is 0 Å². The summed E-state index contributed by atoms with van der Waals surface area (Å²) in [5, 5.41) is 3.96. The highest BCUT2D eigenvalue weighted by Gasteiger charge is 2.48. The van der Waals surface area contributed by atoms with Crippen molar-refractivity contribution in [2.24, 2.45) is 17.8 Å². The summed E-state index contributed by atoms with van der Waals surface area (Å²) in [7, 11) is 0. The van der Waals surface area contributed by atoms with E-state index in [0.29, 0.717) is 35.7 Å². The highest BCUT2D eigenvalue weighted by atomic mass is 32.1. The van der Waals surface area contributed by atoms with Crippen molar-refractivity contribution in [3.8, 4) is 10.4 Å². The molecule has 1 saturated heterocycles. The first-order valence-corrected chi connectivity index (χ1v) is 13.2. The van der Waals surface area contributed by atoms with Crippen LogP contribution in [0.15, 0.2) is 42.6 Å². The van der Waals surface area contributed by atoms with Crippen molar-refractivity contribution in [1.29, 1.82) is 0 Å². The summed E-state index contributed by atoms with van der Waals surface area (Å²) in [5.41, 5.74) is 4.12. The Morgan fingerprint density at radius 3 is 2.69 bits per heavy atom. The van der Waals surface area contributed by atoms with Crippen LogP contribution in [0, 0.1) is 38.5 Å². The Morgan fingerprint density at radius 1 is 1.11 bits per heavy atom. The van der Waals surface area contributed by atoms with Crippen molar-refractivity contribution in [3.63, 3.8) is 0 Å². The SMILES string of the molecule is Cc1cccc(-c2sc(C)nc2C(=O)N2C[C@@H]3CC(C)C[C@@H]3[C@H]2CNC(=O)c2cc(C)ccn2)c1. The number of amides is 2. The van der Waals surface area contributed by atoms with Gasteiger partial charge in [-0.15, -0.1) is 11.3 Å². The third-order valence-electron chi connectivity index (χ3n) is 7.41. The summed E-state index contributed by atoms with van der Waals surface area (Å²) in [4.78, 5) is 38.6. The van der Waals surface area contributed by atoms with E-state index < -0.39 is 0 Å². The number of hydrogen-bond acceptors (Lipinski definition) is 5. The Morgan fingerprint density at radius 2 is 1.91 bits per heavy atom. The van der Waals surface area contributed by atoms with E-state index in [2.05, 4.69) is 41.3 Å². The van der Waals surface area contributed by atoms with Gasteiger partial charge in [-0.1, -0.05) is 36.8 Å². The Labute approximate surface area is 210 Å². The molecule has 0 radical (unpaired) electrons. The first-order valence-electron chi connectivity index (χ1n) is 12.4. The van der Waals surface area contributed by atoms with Gasteiger partial charge in [-0.3, -0.25) is 14.6 Å². The van der Waals surface area contributed by atoms with E-state index in [9.17, 15) is 9.59 Å². The van der Waals surface area contributed by atoms with E-state index >= 15 is 0 Å². The maximum atomic E-state index is 14.0. The van der Waals surface area contributed by atoms with Crippen LogP contribution in [0.5, 0.6) is 0 Å². The Bertz CT molecular complexity index is 1270. The summed E-state index contributed by atoms with van der Waals surface area (Å²) < 4.78 is 0. The van der Waals surface area contributed by atoms with Crippen LogP contribution in [-0.2, 0) is 0 Å². The highest BCUT2D eigenvalue weighted by molar-refractivity contribution is 7.15. The molecule has 1 N–H and O–H groups in total. The smallest absolute Gasteiger partial charge is 0.274 e. The number of benzene rings is 1. The van der Waals surface area contributed by atoms with Crippen LogP contribution in [0.25, 0.3) is 10.4 Å². The molecule has 0 spiro atoms. The molecule has 1 aromatic carbocycles. The standard InChI is InChI=1S/C28H32N4O2S/c1-16-6-5-7-20(10-16)26-25(31-19(4)35-26)28(34)32-15-21-11-18(3)12-22(21)24(32)14-30-27(33)23-13-17(2)8-9-29-23/h5-10,13,18,21-22,24H,11-12,14-15H2,1-4H3,(H,30,33)/t18?,21-,22-,24+/m0/s1. The predicted octanol–water partition coefficient (Wildman–Crippen LogP) is 5.05. The molecule has 1 saturated carbocycles. The molecule has 2 fully saturated rings. The van der Waals surface area contributed by atoms with Gasteiger partial charge in [-0.05, 0) is 74.6 Å². The number of thiazole rings is 1. The molecule has 0 bridgehead atoms. The minimum Gasteiger partial charge on any atom is -0.349 e. The van der Waals surface area contributed by atoms with Gasteiger partial charge in [0.25, 0.3) is 11.8 Å². The average molecular weight is 489 g/mol. The number of rotatable bonds is 5. The molecule has 2 aromatic heterocycles. The van der Waals surface area contributed by atoms with E-state index in [4.69, 9.17) is 0 Å². The summed E-state index contributed by atoms with van der Waals surface area (Å²) in [5.74, 6) is 1.28. The lowest BCUT2D eigenvalue weighted by atomic mass is 9.93. The van der Waals surface area contributed by atoms with Crippen LogP contribution < -0.4 is 5.32 Å². The largest absolute Gasteiger partial charge is 0.349 e. The molecule has 1 aliphatic heterocycles. The highest BCUT2D eigenvalue weighted by Crippen LogP contribution is 2.45. The van der Waals surface area contributed by atoms with Crippen LogP contribution in [0.4, 0.5) is 0 Å². The number of carbonyl (C=O) groups excluding carboxylic acids is 2. The number of nitrogens with zero attached hydrogens (tertiary/aromatic N) is 3. The van der Waals surface area contributed by atoms with E-state index in [-0.39, 0.29) is 17.9 Å². The third-order valence-corrected chi connectivity index (χ3v) is 8.43. The quantitative estimate of drug-likeness (QED) is 0.546. The normalized spacial score (nSPS) is 23.4. The molecule has 3 heterocycles. The number of likely N-dealkylation sites (tertiary alicyclic amines) is 1. The summed E-state index contributed by atoms with van der Waals surface area (Å²) in [6.07, 6.45) is 3.86. The summed E-state index contributed by atoms with van der Waals surface area (Å²) in [6, 6.07) is 11.9. The Balaban J connectivity index is 1.41. The Hall–Kier alpha value is -3.06. The molecule has 1 aliphatic carbocycles. The lowest BCUT2D eigenvalue weighted by molar-refractivity contribution is 0.0692. The van der Waals surface area contributed by atoms with Gasteiger partial charge >= 0.3 is 0 Å². The van der Waals surface area contributed by atoms with Gasteiger partial charge in [0.05, 0.1) is 15.9 Å². The fourth-order valence-corrected chi connectivity index (χ4v) is 6.79. The molecular formula is C28H32N4O2S. The maximum Gasteiger partial charge on any atom is 0.274 e. The molecule has 35 heavy (non-hydrogen) atoms. The van der Waals surface area contributed by atoms with Gasteiger partial charge in [0.15, 0.2) is 0 Å². The third kappa shape index (κ3) is 4.74. The van der Waals surface area contributed by atoms with Gasteiger partial charge < -0.3 is 10.2 Å². The number of aryl methyl sites for hydroxylation is 3. The number of aromatic nitrogens is 2. The fraction of sp³-hybridized carbons (Fsp3) is 0.429. The number of carbonyl (C=O) groups is 2. The lowest BCUT2D eigenvalue weighted by Gasteiger charge is -2.28. The van der Waals surface area contributed by atoms with Crippen LogP contribution in [0.1, 0.15) is 56.9 Å². The van der Waals surface area contributed by atoms with Crippen LogP contribution in [-0.4, -0.2) is 45.8 Å². The van der Waals surface area contributed by atoms with Gasteiger partial charge in [0.1, 0.15) is 11.4 Å². The lowest BCUT2D eigenvalue weighted by Crippen LogP contribution is -2.46. The van der Waals surface area contributed by atoms with E-state index in [0.717, 1.165) is 46.0 Å². The number of nitrogens with one attached hydrogen (secondary N) is 1. The second kappa shape index (κ2) is 9.53. The number of pyridine rings is 1. The zero-order chi connectivity index (χ0) is 24.7. The fourth-order valence-electron chi connectivity index (χ4n) is 5.88. The van der Waals surface area contributed by atoms with E-state index in [1.807, 2.05) is 36.9 Å². The Kier molecular flexibility index (Phi) is 6.45. The molecule has 5 rings (SSSR count). The van der Waals surface area contributed by atoms with Gasteiger partial charge in [-0.2, -0.15) is 0 Å². The zero-order valence-corrected chi connectivity index (χ0v) is 21.6. The molecule has 7 heteroatoms. The van der Waals surface area contributed by atoms with Gasteiger partial charge in [0.2, 0.25) is 0 Å². The average Bonchev–Trinajstić information content (AvgIpc) is 3.49. The van der Waals surface area contributed by atoms with Gasteiger partial charge in [0, 0.05) is 19.3 Å². The number of hydrogen-bond donors (Lipinski definition) is 1. The van der Waals surface area contributed by atoms with Crippen molar-refractivity contribution in [1.82, 2.24) is 20.2 Å². The summed E-state index contributed by atoms with van der Waals surface area (Å²) in [6.45, 7) is 9.40. The molecule has 3 aromatic rings. The van der Waals surface area contributed by atoms with Crippen LogP contribution in [0.3, 0.4) is 0 Å². The zero-order valence-electron chi connectivity index (χ0n) is 20.7. The molecule has 2 aliphatic rings. The minimum atomic E-state index is -0.194. The molecule has 2 amide bonds. The van der Waals surface area contributed by atoms with E-state index in [1.54, 1.807) is 23.6 Å². The van der Waals surface area contributed by atoms with Crippen molar-refractivity contribution in [2.75, 3.05) is 13.1 Å². The predicted molar refractivity (Wildman–Crippen MR) is 139 cm³/mol. The minimum absolute atomic E-state index is 0.0270. The van der Waals surface area contributed by atoms with Crippen molar-refractivity contribution < 1.29 is 9.59 Å². The van der Waals surface area contributed by atoms with Crippen molar-refractivity contribution in [3.05, 3.63) is 70.1 Å². The molecule has 1 unspecified atom stereocenters. The molecule has 182 valence electrons. The molecule has 6 nitrogen and oxygen atoms in total. The second-order valence-corrected chi connectivity index (χ2v) is 11.4. The van der Waals surface area contributed by atoms with Crippen LogP contribution in [0.2, 0.25) is 0 Å². The maximum absolute atomic E-state index is 14.0. The monoisotopic (exact) mass is 488 g/mol. The van der Waals surface area contributed by atoms with Gasteiger partial charge in [-0.25, -0.2) is 4.98 Å². The van der Waals surface area contributed by atoms with Crippen molar-refractivity contribution in [2.45, 2.75) is 46.6 Å². The first kappa shape index (κ1) is 23.7. The second-order valence-electron chi connectivity index (χ2n) is 10.2. The molecular weight excluding hydrogens is 456 g/mol.